The molecular weight excluding hydrogens is 242 g/mol. The van der Waals surface area contributed by atoms with Crippen molar-refractivity contribution in [3.63, 3.8) is 0 Å². The van der Waals surface area contributed by atoms with Gasteiger partial charge in [-0.05, 0) is 38.9 Å². The van der Waals surface area contributed by atoms with E-state index in [9.17, 15) is 4.79 Å². The SMILES string of the molecule is Cc1ccc(CN(C)C(=O)CNC2(C)CCNC2)o1. The van der Waals surface area contributed by atoms with Gasteiger partial charge in [0.15, 0.2) is 0 Å². The molecule has 0 radical (unpaired) electrons. The van der Waals surface area contributed by atoms with Crippen LogP contribution < -0.4 is 10.6 Å². The average Bonchev–Trinajstić information content (AvgIpc) is 2.96. The number of nitrogens with one attached hydrogen (secondary N) is 2. The summed E-state index contributed by atoms with van der Waals surface area (Å²) < 4.78 is 5.48. The number of hydrogen-bond acceptors (Lipinski definition) is 4. The molecule has 1 saturated heterocycles. The molecule has 2 heterocycles. The molecule has 1 amide bonds. The predicted octanol–water partition coefficient (Wildman–Crippen LogP) is 0.888. The Hall–Kier alpha value is -1.33. The highest BCUT2D eigenvalue weighted by Gasteiger charge is 2.28. The van der Waals surface area contributed by atoms with Crippen molar-refractivity contribution in [1.29, 1.82) is 0 Å². The Morgan fingerprint density at radius 1 is 1.58 bits per heavy atom. The number of amides is 1. The standard InChI is InChI=1S/C14H23N3O2/c1-11-4-5-12(19-11)9-17(3)13(18)8-16-14(2)6-7-15-10-14/h4-5,15-16H,6-10H2,1-3H3. The van der Waals surface area contributed by atoms with E-state index in [0.717, 1.165) is 31.0 Å². The maximum atomic E-state index is 12.1. The first kappa shape index (κ1) is 14.1. The van der Waals surface area contributed by atoms with E-state index in [0.29, 0.717) is 13.1 Å². The van der Waals surface area contributed by atoms with Gasteiger partial charge in [-0.1, -0.05) is 0 Å². The molecule has 19 heavy (non-hydrogen) atoms. The van der Waals surface area contributed by atoms with Crippen molar-refractivity contribution in [3.8, 4) is 0 Å². The van der Waals surface area contributed by atoms with Gasteiger partial charge >= 0.3 is 0 Å². The van der Waals surface area contributed by atoms with Gasteiger partial charge in [0.2, 0.25) is 5.91 Å². The van der Waals surface area contributed by atoms with E-state index in [1.54, 1.807) is 11.9 Å². The molecule has 1 unspecified atom stereocenters. The lowest BCUT2D eigenvalue weighted by atomic mass is 10.0. The van der Waals surface area contributed by atoms with E-state index in [2.05, 4.69) is 17.6 Å². The Kier molecular flexibility index (Phi) is 4.27. The second-order valence-electron chi connectivity index (χ2n) is 5.60. The summed E-state index contributed by atoms with van der Waals surface area (Å²) in [5.41, 5.74) is 0.0395. The molecule has 0 aliphatic carbocycles. The number of likely N-dealkylation sites (N-methyl/N-ethyl adjacent to an activating group) is 1. The number of nitrogens with zero attached hydrogens (tertiary/aromatic N) is 1. The predicted molar refractivity (Wildman–Crippen MR) is 73.8 cm³/mol. The zero-order valence-electron chi connectivity index (χ0n) is 12.0. The fraction of sp³-hybridized carbons (Fsp3) is 0.643. The van der Waals surface area contributed by atoms with Crippen LogP contribution in [0.4, 0.5) is 0 Å². The van der Waals surface area contributed by atoms with Crippen LogP contribution in [0.5, 0.6) is 0 Å². The lowest BCUT2D eigenvalue weighted by molar-refractivity contribution is -0.130. The maximum absolute atomic E-state index is 12.1. The molecule has 2 N–H and O–H groups in total. The third kappa shape index (κ3) is 3.81. The normalized spacial score (nSPS) is 22.7. The molecule has 0 aromatic carbocycles. The average molecular weight is 265 g/mol. The van der Waals surface area contributed by atoms with Crippen molar-refractivity contribution in [2.45, 2.75) is 32.4 Å². The molecule has 5 nitrogen and oxygen atoms in total. The van der Waals surface area contributed by atoms with Gasteiger partial charge in [-0.3, -0.25) is 4.79 Å². The third-order valence-corrected chi connectivity index (χ3v) is 3.65. The van der Waals surface area contributed by atoms with E-state index in [-0.39, 0.29) is 11.4 Å². The fourth-order valence-electron chi connectivity index (χ4n) is 2.28. The highest BCUT2D eigenvalue weighted by atomic mass is 16.3. The minimum atomic E-state index is 0.0395. The molecule has 106 valence electrons. The summed E-state index contributed by atoms with van der Waals surface area (Å²) in [6.07, 6.45) is 1.06. The molecule has 1 fully saturated rings. The van der Waals surface area contributed by atoms with E-state index in [1.165, 1.54) is 0 Å². The molecule has 0 bridgehead atoms. The lowest BCUT2D eigenvalue weighted by Crippen LogP contribution is -2.48. The summed E-state index contributed by atoms with van der Waals surface area (Å²) in [7, 11) is 1.80. The van der Waals surface area contributed by atoms with Crippen LogP contribution in [0.2, 0.25) is 0 Å². The third-order valence-electron chi connectivity index (χ3n) is 3.65. The van der Waals surface area contributed by atoms with Crippen LogP contribution in [-0.2, 0) is 11.3 Å². The number of carbonyl (C=O) groups excluding carboxylic acids is 1. The van der Waals surface area contributed by atoms with Crippen LogP contribution in [0, 0.1) is 6.92 Å². The minimum Gasteiger partial charge on any atom is -0.464 e. The minimum absolute atomic E-state index is 0.0395. The van der Waals surface area contributed by atoms with Gasteiger partial charge < -0.3 is 20.0 Å². The largest absolute Gasteiger partial charge is 0.464 e. The Morgan fingerprint density at radius 2 is 2.37 bits per heavy atom. The Morgan fingerprint density at radius 3 is 2.95 bits per heavy atom. The van der Waals surface area contributed by atoms with Crippen LogP contribution in [-0.4, -0.2) is 43.0 Å². The molecule has 1 aromatic rings. The molecule has 1 aliphatic heterocycles. The zero-order valence-corrected chi connectivity index (χ0v) is 12.0. The van der Waals surface area contributed by atoms with Gasteiger partial charge in [0.1, 0.15) is 11.5 Å². The van der Waals surface area contributed by atoms with Crippen LogP contribution in [0.25, 0.3) is 0 Å². The highest BCUT2D eigenvalue weighted by Crippen LogP contribution is 2.13. The summed E-state index contributed by atoms with van der Waals surface area (Å²) in [6.45, 7) is 6.87. The second kappa shape index (κ2) is 5.75. The van der Waals surface area contributed by atoms with Gasteiger partial charge in [-0.15, -0.1) is 0 Å². The summed E-state index contributed by atoms with van der Waals surface area (Å²) in [4.78, 5) is 13.7. The number of carbonyl (C=O) groups is 1. The van der Waals surface area contributed by atoms with Gasteiger partial charge in [0.25, 0.3) is 0 Å². The van der Waals surface area contributed by atoms with Gasteiger partial charge in [0.05, 0.1) is 13.1 Å². The molecule has 2 rings (SSSR count). The first-order valence-corrected chi connectivity index (χ1v) is 6.73. The summed E-state index contributed by atoms with van der Waals surface area (Å²) in [5, 5.41) is 6.65. The lowest BCUT2D eigenvalue weighted by Gasteiger charge is -2.25. The van der Waals surface area contributed by atoms with Crippen molar-refractivity contribution in [2.24, 2.45) is 0 Å². The van der Waals surface area contributed by atoms with Crippen LogP contribution in [0.3, 0.4) is 0 Å². The first-order chi connectivity index (χ1) is 8.98. The monoisotopic (exact) mass is 265 g/mol. The van der Waals surface area contributed by atoms with Crippen molar-refractivity contribution in [3.05, 3.63) is 23.7 Å². The summed E-state index contributed by atoms with van der Waals surface area (Å²) in [5.74, 6) is 1.78. The zero-order chi connectivity index (χ0) is 13.9. The van der Waals surface area contributed by atoms with Crippen molar-refractivity contribution >= 4 is 5.91 Å². The molecule has 1 aromatic heterocycles. The van der Waals surface area contributed by atoms with Gasteiger partial charge in [-0.25, -0.2) is 0 Å². The number of rotatable bonds is 5. The van der Waals surface area contributed by atoms with Gasteiger partial charge in [0, 0.05) is 19.1 Å². The molecule has 1 aliphatic rings. The van der Waals surface area contributed by atoms with E-state index in [1.807, 2.05) is 19.1 Å². The van der Waals surface area contributed by atoms with Crippen LogP contribution in [0.1, 0.15) is 24.9 Å². The first-order valence-electron chi connectivity index (χ1n) is 6.73. The van der Waals surface area contributed by atoms with Gasteiger partial charge in [-0.2, -0.15) is 0 Å². The molecule has 0 spiro atoms. The molecule has 0 saturated carbocycles. The smallest absolute Gasteiger partial charge is 0.236 e. The second-order valence-corrected chi connectivity index (χ2v) is 5.60. The fourth-order valence-corrected chi connectivity index (χ4v) is 2.28. The molecule has 5 heteroatoms. The van der Waals surface area contributed by atoms with E-state index < -0.39 is 0 Å². The molecular formula is C14H23N3O2. The quantitative estimate of drug-likeness (QED) is 0.830. The number of aryl methyl sites for hydroxylation is 1. The van der Waals surface area contributed by atoms with E-state index >= 15 is 0 Å². The van der Waals surface area contributed by atoms with Crippen LogP contribution in [0.15, 0.2) is 16.5 Å². The van der Waals surface area contributed by atoms with Crippen molar-refractivity contribution in [2.75, 3.05) is 26.7 Å². The highest BCUT2D eigenvalue weighted by molar-refractivity contribution is 5.78. The van der Waals surface area contributed by atoms with Crippen molar-refractivity contribution in [1.82, 2.24) is 15.5 Å². The number of hydrogen-bond donors (Lipinski definition) is 2. The summed E-state index contributed by atoms with van der Waals surface area (Å²) >= 11 is 0. The Balaban J connectivity index is 1.79. The maximum Gasteiger partial charge on any atom is 0.236 e. The Labute approximate surface area is 114 Å². The van der Waals surface area contributed by atoms with Crippen molar-refractivity contribution < 1.29 is 9.21 Å². The topological polar surface area (TPSA) is 57.5 Å². The number of furan rings is 1. The molecule has 1 atom stereocenters. The van der Waals surface area contributed by atoms with E-state index in [4.69, 9.17) is 4.42 Å². The van der Waals surface area contributed by atoms with Crippen LogP contribution >= 0.6 is 0 Å². The summed E-state index contributed by atoms with van der Waals surface area (Å²) in [6, 6.07) is 3.83. The Bertz CT molecular complexity index is 436.